The molecule has 0 aliphatic carbocycles. The first kappa shape index (κ1) is 16.8. The van der Waals surface area contributed by atoms with E-state index < -0.39 is 0 Å². The number of ether oxygens (including phenoxy) is 1. The maximum Gasteiger partial charge on any atom is 0.319 e. The molecule has 0 fully saturated rings. The predicted octanol–water partition coefficient (Wildman–Crippen LogP) is 2.99. The summed E-state index contributed by atoms with van der Waals surface area (Å²) in [7, 11) is 1.55. The molecule has 0 unspecified atom stereocenters. The van der Waals surface area contributed by atoms with E-state index in [2.05, 4.69) is 26.6 Å². The van der Waals surface area contributed by atoms with Crippen molar-refractivity contribution in [2.75, 3.05) is 19.0 Å². The van der Waals surface area contributed by atoms with Crippen molar-refractivity contribution in [2.45, 2.75) is 26.4 Å². The summed E-state index contributed by atoms with van der Waals surface area (Å²) in [6, 6.07) is 5.10. The molecule has 2 amide bonds. The summed E-state index contributed by atoms with van der Waals surface area (Å²) in [6.45, 7) is 4.22. The minimum Gasteiger partial charge on any atom is -0.495 e. The zero-order valence-corrected chi connectivity index (χ0v) is 13.5. The Kier molecular flexibility index (Phi) is 6.81. The van der Waals surface area contributed by atoms with E-state index in [1.165, 1.54) is 0 Å². The van der Waals surface area contributed by atoms with Gasteiger partial charge in [0.05, 0.1) is 18.9 Å². The van der Waals surface area contributed by atoms with Crippen LogP contribution in [-0.2, 0) is 0 Å². The number of benzene rings is 1. The monoisotopic (exact) mass is 344 g/mol. The van der Waals surface area contributed by atoms with E-state index in [1.807, 2.05) is 13.0 Å². The number of halogens is 1. The Morgan fingerprint density at radius 1 is 1.45 bits per heavy atom. The van der Waals surface area contributed by atoms with Crippen LogP contribution >= 0.6 is 15.9 Å². The lowest BCUT2D eigenvalue weighted by atomic mass is 10.1. The Morgan fingerprint density at radius 3 is 2.75 bits per heavy atom. The van der Waals surface area contributed by atoms with Crippen LogP contribution in [0, 0.1) is 5.92 Å². The molecule has 0 radical (unpaired) electrons. The first-order valence-corrected chi connectivity index (χ1v) is 7.28. The van der Waals surface area contributed by atoms with Crippen LogP contribution < -0.4 is 15.4 Å². The molecular formula is C14H21BrN2O3. The average Bonchev–Trinajstić information content (AvgIpc) is 2.36. The van der Waals surface area contributed by atoms with Crippen LogP contribution in [0.2, 0.25) is 0 Å². The molecule has 0 heterocycles. The lowest BCUT2D eigenvalue weighted by Crippen LogP contribution is -2.33. The maximum absolute atomic E-state index is 11.8. The second-order valence-electron chi connectivity index (χ2n) is 4.87. The first-order valence-electron chi connectivity index (χ1n) is 6.48. The van der Waals surface area contributed by atoms with Gasteiger partial charge in [-0.25, -0.2) is 4.79 Å². The predicted molar refractivity (Wildman–Crippen MR) is 83.2 cm³/mol. The summed E-state index contributed by atoms with van der Waals surface area (Å²) in [4.78, 5) is 11.8. The van der Waals surface area contributed by atoms with Crippen molar-refractivity contribution < 1.29 is 14.6 Å². The fraction of sp³-hybridized carbons (Fsp3) is 0.500. The van der Waals surface area contributed by atoms with Crippen molar-refractivity contribution >= 4 is 27.6 Å². The Morgan fingerprint density at radius 2 is 2.15 bits per heavy atom. The number of anilines is 1. The van der Waals surface area contributed by atoms with Crippen LogP contribution in [0.3, 0.4) is 0 Å². The van der Waals surface area contributed by atoms with E-state index in [9.17, 15) is 9.90 Å². The van der Waals surface area contributed by atoms with Gasteiger partial charge >= 0.3 is 6.03 Å². The summed E-state index contributed by atoms with van der Waals surface area (Å²) in [5, 5.41) is 14.8. The Hall–Kier alpha value is -1.27. The first-order chi connectivity index (χ1) is 9.42. The van der Waals surface area contributed by atoms with Gasteiger partial charge in [0.25, 0.3) is 0 Å². The number of amides is 2. The SMILES string of the molecule is COc1ccc(Br)cc1NC(=O)NC[C@H](C)C[C@@H](C)O. The van der Waals surface area contributed by atoms with E-state index in [0.717, 1.165) is 4.47 Å². The minimum atomic E-state index is -0.361. The second kappa shape index (κ2) is 8.11. The van der Waals surface area contributed by atoms with Gasteiger partial charge in [-0.2, -0.15) is 0 Å². The van der Waals surface area contributed by atoms with Crippen molar-refractivity contribution in [3.63, 3.8) is 0 Å². The number of rotatable bonds is 6. The highest BCUT2D eigenvalue weighted by atomic mass is 79.9. The Balaban J connectivity index is 2.52. The summed E-state index contributed by atoms with van der Waals surface area (Å²) in [5.74, 6) is 0.811. The fourth-order valence-electron chi connectivity index (χ4n) is 1.88. The molecule has 1 aromatic carbocycles. The van der Waals surface area contributed by atoms with Gasteiger partial charge in [-0.05, 0) is 37.5 Å². The van der Waals surface area contributed by atoms with Gasteiger partial charge in [0, 0.05) is 11.0 Å². The number of aliphatic hydroxyl groups excluding tert-OH is 1. The summed E-state index contributed by atoms with van der Waals surface area (Å²) in [5.41, 5.74) is 0.600. The quantitative estimate of drug-likeness (QED) is 0.742. The number of nitrogens with one attached hydrogen (secondary N) is 2. The number of methoxy groups -OCH3 is 1. The summed E-state index contributed by atoms with van der Waals surface area (Å²) in [6.07, 6.45) is 0.292. The van der Waals surface area contributed by atoms with Gasteiger partial charge in [-0.3, -0.25) is 0 Å². The summed E-state index contributed by atoms with van der Waals surface area (Å²) < 4.78 is 6.04. The molecule has 5 nitrogen and oxygen atoms in total. The van der Waals surface area contributed by atoms with Crippen molar-refractivity contribution in [1.82, 2.24) is 5.32 Å². The standard InChI is InChI=1S/C14H21BrN2O3/c1-9(6-10(2)18)8-16-14(19)17-12-7-11(15)4-5-13(12)20-3/h4-5,7,9-10,18H,6,8H2,1-3H3,(H2,16,17,19)/t9-,10-/m1/s1. The molecule has 20 heavy (non-hydrogen) atoms. The largest absolute Gasteiger partial charge is 0.495 e. The van der Waals surface area contributed by atoms with Gasteiger partial charge in [-0.15, -0.1) is 0 Å². The van der Waals surface area contributed by atoms with E-state index >= 15 is 0 Å². The van der Waals surface area contributed by atoms with Gasteiger partial charge in [0.2, 0.25) is 0 Å². The van der Waals surface area contributed by atoms with Crippen LogP contribution in [0.25, 0.3) is 0 Å². The molecule has 1 aromatic rings. The number of aliphatic hydroxyl groups is 1. The number of hydrogen-bond acceptors (Lipinski definition) is 3. The van der Waals surface area contributed by atoms with Crippen LogP contribution in [0.1, 0.15) is 20.3 Å². The minimum absolute atomic E-state index is 0.213. The molecule has 2 atom stereocenters. The van der Waals surface area contributed by atoms with E-state index in [1.54, 1.807) is 26.2 Å². The maximum atomic E-state index is 11.8. The lowest BCUT2D eigenvalue weighted by Gasteiger charge is -2.15. The zero-order valence-electron chi connectivity index (χ0n) is 11.9. The lowest BCUT2D eigenvalue weighted by molar-refractivity contribution is 0.163. The van der Waals surface area contributed by atoms with Crippen molar-refractivity contribution in [1.29, 1.82) is 0 Å². The topological polar surface area (TPSA) is 70.6 Å². The van der Waals surface area contributed by atoms with E-state index in [4.69, 9.17) is 4.74 Å². The third-order valence-electron chi connectivity index (χ3n) is 2.76. The van der Waals surface area contributed by atoms with E-state index in [0.29, 0.717) is 24.4 Å². The molecule has 0 aromatic heterocycles. The van der Waals surface area contributed by atoms with Crippen molar-refractivity contribution in [3.05, 3.63) is 22.7 Å². The molecule has 0 aliphatic heterocycles. The van der Waals surface area contributed by atoms with Crippen LogP contribution in [0.5, 0.6) is 5.75 Å². The molecular weight excluding hydrogens is 324 g/mol. The van der Waals surface area contributed by atoms with Crippen molar-refractivity contribution in [2.24, 2.45) is 5.92 Å². The number of urea groups is 1. The normalized spacial score (nSPS) is 13.4. The molecule has 0 aliphatic rings. The molecule has 0 saturated heterocycles. The molecule has 3 N–H and O–H groups in total. The van der Waals surface area contributed by atoms with Gasteiger partial charge in [0.15, 0.2) is 0 Å². The fourth-order valence-corrected chi connectivity index (χ4v) is 2.24. The van der Waals surface area contributed by atoms with Crippen LogP contribution in [0.15, 0.2) is 22.7 Å². The Bertz CT molecular complexity index is 452. The van der Waals surface area contributed by atoms with Crippen molar-refractivity contribution in [3.8, 4) is 5.75 Å². The highest BCUT2D eigenvalue weighted by molar-refractivity contribution is 9.10. The molecule has 112 valence electrons. The molecule has 0 bridgehead atoms. The number of hydrogen-bond donors (Lipinski definition) is 3. The van der Waals surface area contributed by atoms with Gasteiger partial charge in [0.1, 0.15) is 5.75 Å². The van der Waals surface area contributed by atoms with Crippen LogP contribution in [0.4, 0.5) is 10.5 Å². The number of carbonyl (C=O) groups is 1. The third-order valence-corrected chi connectivity index (χ3v) is 3.26. The molecule has 6 heteroatoms. The average molecular weight is 345 g/mol. The van der Waals surface area contributed by atoms with Gasteiger partial charge in [-0.1, -0.05) is 22.9 Å². The Labute approximate surface area is 127 Å². The molecule has 0 spiro atoms. The van der Waals surface area contributed by atoms with Gasteiger partial charge < -0.3 is 20.5 Å². The van der Waals surface area contributed by atoms with Crippen LogP contribution in [-0.4, -0.2) is 30.9 Å². The smallest absolute Gasteiger partial charge is 0.319 e. The molecule has 0 saturated carbocycles. The number of carbonyl (C=O) groups excluding carboxylic acids is 1. The second-order valence-corrected chi connectivity index (χ2v) is 5.79. The highest BCUT2D eigenvalue weighted by Crippen LogP contribution is 2.27. The van der Waals surface area contributed by atoms with E-state index in [-0.39, 0.29) is 18.1 Å². The zero-order chi connectivity index (χ0) is 15.1. The third kappa shape index (κ3) is 5.79. The molecule has 1 rings (SSSR count). The highest BCUT2D eigenvalue weighted by Gasteiger charge is 2.10. The summed E-state index contributed by atoms with van der Waals surface area (Å²) >= 11 is 3.35.